The molecule has 3 rings (SSSR count). The predicted octanol–water partition coefficient (Wildman–Crippen LogP) is 3.24. The number of carbonyl (C=O) groups is 2. The van der Waals surface area contributed by atoms with E-state index in [0.29, 0.717) is 11.5 Å². The summed E-state index contributed by atoms with van der Waals surface area (Å²) in [5.41, 5.74) is 0.517. The molecule has 1 amide bonds. The van der Waals surface area contributed by atoms with Gasteiger partial charge in [0.2, 0.25) is 6.79 Å². The molecule has 1 heterocycles. The summed E-state index contributed by atoms with van der Waals surface area (Å²) in [6.45, 7) is 1.41. The third-order valence-electron chi connectivity index (χ3n) is 3.76. The Morgan fingerprint density at radius 2 is 2.00 bits per heavy atom. The number of benzene rings is 2. The number of rotatable bonds is 5. The first-order valence-electron chi connectivity index (χ1n) is 7.75. The van der Waals surface area contributed by atoms with Crippen LogP contribution in [-0.2, 0) is 9.53 Å². The van der Waals surface area contributed by atoms with Gasteiger partial charge < -0.3 is 19.5 Å². The molecular weight excluding hydrogens is 365 g/mol. The molecule has 0 aliphatic carbocycles. The van der Waals surface area contributed by atoms with Crippen molar-refractivity contribution in [3.8, 4) is 11.5 Å². The zero-order chi connectivity index (χ0) is 18.7. The number of ether oxygens (including phenoxy) is 3. The van der Waals surface area contributed by atoms with E-state index in [1.165, 1.54) is 12.1 Å². The molecule has 0 bridgehead atoms. The lowest BCUT2D eigenvalue weighted by Crippen LogP contribution is -2.31. The van der Waals surface area contributed by atoms with Crippen LogP contribution in [-0.4, -0.2) is 25.3 Å². The van der Waals surface area contributed by atoms with Gasteiger partial charge in [0.1, 0.15) is 5.82 Å². The fourth-order valence-corrected chi connectivity index (χ4v) is 2.57. The Kier molecular flexibility index (Phi) is 5.27. The highest BCUT2D eigenvalue weighted by molar-refractivity contribution is 6.30. The standard InChI is InChI=1S/C18H15ClFNO5/c1-10(11-2-5-15-16(6-11)26-9-25-15)21-17(22)8-24-18(23)13-4-3-12(19)7-14(13)20/h2-7,10H,8-9H2,1H3,(H,21,22)/t10-/m0/s1. The summed E-state index contributed by atoms with van der Waals surface area (Å²) in [4.78, 5) is 23.8. The van der Waals surface area contributed by atoms with E-state index in [2.05, 4.69) is 5.32 Å². The molecule has 0 spiro atoms. The highest BCUT2D eigenvalue weighted by Gasteiger charge is 2.18. The van der Waals surface area contributed by atoms with Gasteiger partial charge >= 0.3 is 5.97 Å². The molecule has 0 saturated carbocycles. The first kappa shape index (κ1) is 18.0. The number of nitrogens with one attached hydrogen (secondary N) is 1. The largest absolute Gasteiger partial charge is 0.454 e. The highest BCUT2D eigenvalue weighted by Crippen LogP contribution is 2.34. The first-order chi connectivity index (χ1) is 12.4. The lowest BCUT2D eigenvalue weighted by atomic mass is 10.1. The molecule has 1 aliphatic heterocycles. The van der Waals surface area contributed by atoms with Gasteiger partial charge in [0, 0.05) is 5.02 Å². The number of hydrogen-bond acceptors (Lipinski definition) is 5. The van der Waals surface area contributed by atoms with Crippen molar-refractivity contribution in [2.24, 2.45) is 0 Å². The van der Waals surface area contributed by atoms with E-state index < -0.39 is 24.3 Å². The fraction of sp³-hybridized carbons (Fsp3) is 0.222. The molecule has 0 radical (unpaired) electrons. The molecule has 0 unspecified atom stereocenters. The summed E-state index contributed by atoms with van der Waals surface area (Å²) in [6.07, 6.45) is 0. The number of fused-ring (bicyclic) bond motifs is 1. The molecule has 26 heavy (non-hydrogen) atoms. The summed E-state index contributed by atoms with van der Waals surface area (Å²) in [5.74, 6) is -1.01. The van der Waals surface area contributed by atoms with Crippen molar-refractivity contribution in [2.75, 3.05) is 13.4 Å². The van der Waals surface area contributed by atoms with Gasteiger partial charge in [0.25, 0.3) is 5.91 Å². The van der Waals surface area contributed by atoms with Crippen molar-refractivity contribution in [3.63, 3.8) is 0 Å². The molecule has 0 saturated heterocycles. The Morgan fingerprint density at radius 1 is 1.23 bits per heavy atom. The minimum atomic E-state index is -0.940. The monoisotopic (exact) mass is 379 g/mol. The second-order valence-electron chi connectivity index (χ2n) is 5.60. The average molecular weight is 380 g/mol. The van der Waals surface area contributed by atoms with Crippen LogP contribution in [0.5, 0.6) is 11.5 Å². The molecule has 2 aromatic carbocycles. The van der Waals surface area contributed by atoms with Crippen molar-refractivity contribution >= 4 is 23.5 Å². The predicted molar refractivity (Wildman–Crippen MR) is 90.8 cm³/mol. The van der Waals surface area contributed by atoms with Gasteiger partial charge in [-0.05, 0) is 42.8 Å². The first-order valence-corrected chi connectivity index (χ1v) is 8.13. The number of esters is 1. The third-order valence-corrected chi connectivity index (χ3v) is 3.99. The van der Waals surface area contributed by atoms with Crippen molar-refractivity contribution in [1.29, 1.82) is 0 Å². The molecule has 6 nitrogen and oxygen atoms in total. The third kappa shape index (κ3) is 4.05. The van der Waals surface area contributed by atoms with Crippen LogP contribution in [0.3, 0.4) is 0 Å². The van der Waals surface area contributed by atoms with Gasteiger partial charge in [-0.1, -0.05) is 17.7 Å². The van der Waals surface area contributed by atoms with Gasteiger partial charge in [-0.15, -0.1) is 0 Å². The summed E-state index contributed by atoms with van der Waals surface area (Å²) in [7, 11) is 0. The lowest BCUT2D eigenvalue weighted by Gasteiger charge is -2.15. The van der Waals surface area contributed by atoms with Crippen LogP contribution in [0.1, 0.15) is 28.9 Å². The Balaban J connectivity index is 1.54. The molecular formula is C18H15ClFNO5. The minimum Gasteiger partial charge on any atom is -0.454 e. The van der Waals surface area contributed by atoms with Crippen molar-refractivity contribution < 1.29 is 28.2 Å². The van der Waals surface area contributed by atoms with E-state index in [-0.39, 0.29) is 23.4 Å². The topological polar surface area (TPSA) is 73.9 Å². The maximum Gasteiger partial charge on any atom is 0.341 e. The molecule has 0 fully saturated rings. The van der Waals surface area contributed by atoms with Gasteiger partial charge in [-0.2, -0.15) is 0 Å². The van der Waals surface area contributed by atoms with E-state index in [4.69, 9.17) is 25.8 Å². The van der Waals surface area contributed by atoms with Gasteiger partial charge in [-0.25, -0.2) is 9.18 Å². The Labute approximate surface area is 153 Å². The van der Waals surface area contributed by atoms with Crippen molar-refractivity contribution in [2.45, 2.75) is 13.0 Å². The Hall–Kier alpha value is -2.80. The van der Waals surface area contributed by atoms with E-state index in [1.54, 1.807) is 25.1 Å². The minimum absolute atomic E-state index is 0.161. The van der Waals surface area contributed by atoms with Gasteiger partial charge in [0.05, 0.1) is 11.6 Å². The van der Waals surface area contributed by atoms with E-state index in [1.807, 2.05) is 0 Å². The summed E-state index contributed by atoms with van der Waals surface area (Å²) >= 11 is 5.63. The molecule has 2 aromatic rings. The highest BCUT2D eigenvalue weighted by atomic mass is 35.5. The van der Waals surface area contributed by atoms with E-state index in [0.717, 1.165) is 11.6 Å². The molecule has 8 heteroatoms. The summed E-state index contributed by atoms with van der Waals surface area (Å²) in [6, 6.07) is 8.54. The summed E-state index contributed by atoms with van der Waals surface area (Å²) < 4.78 is 29.0. The van der Waals surface area contributed by atoms with Crippen LogP contribution >= 0.6 is 11.6 Å². The van der Waals surface area contributed by atoms with E-state index in [9.17, 15) is 14.0 Å². The normalized spacial score (nSPS) is 13.2. The van der Waals surface area contributed by atoms with E-state index >= 15 is 0 Å². The maximum atomic E-state index is 13.7. The zero-order valence-electron chi connectivity index (χ0n) is 13.8. The second kappa shape index (κ2) is 7.61. The zero-order valence-corrected chi connectivity index (χ0v) is 14.5. The van der Waals surface area contributed by atoms with Crippen LogP contribution in [0.25, 0.3) is 0 Å². The summed E-state index contributed by atoms with van der Waals surface area (Å²) in [5, 5.41) is 2.85. The molecule has 1 atom stereocenters. The molecule has 136 valence electrons. The Morgan fingerprint density at radius 3 is 2.77 bits per heavy atom. The van der Waals surface area contributed by atoms with Crippen LogP contribution in [0.4, 0.5) is 4.39 Å². The molecule has 1 N–H and O–H groups in total. The second-order valence-corrected chi connectivity index (χ2v) is 6.04. The van der Waals surface area contributed by atoms with Crippen molar-refractivity contribution in [3.05, 3.63) is 58.4 Å². The van der Waals surface area contributed by atoms with Crippen molar-refractivity contribution in [1.82, 2.24) is 5.32 Å². The maximum absolute atomic E-state index is 13.7. The number of carbonyl (C=O) groups excluding carboxylic acids is 2. The van der Waals surface area contributed by atoms with Crippen LogP contribution < -0.4 is 14.8 Å². The van der Waals surface area contributed by atoms with Crippen LogP contribution in [0.15, 0.2) is 36.4 Å². The van der Waals surface area contributed by atoms with Gasteiger partial charge in [0.15, 0.2) is 18.1 Å². The van der Waals surface area contributed by atoms with Gasteiger partial charge in [-0.3, -0.25) is 4.79 Å². The smallest absolute Gasteiger partial charge is 0.341 e. The quantitative estimate of drug-likeness (QED) is 0.807. The molecule has 1 aliphatic rings. The number of hydrogen-bond donors (Lipinski definition) is 1. The average Bonchev–Trinajstić information content (AvgIpc) is 3.07. The Bertz CT molecular complexity index is 857. The lowest BCUT2D eigenvalue weighted by molar-refractivity contribution is -0.124. The fourth-order valence-electron chi connectivity index (χ4n) is 2.41. The van der Waals surface area contributed by atoms with Crippen LogP contribution in [0, 0.1) is 5.82 Å². The van der Waals surface area contributed by atoms with Crippen LogP contribution in [0.2, 0.25) is 5.02 Å². The number of halogens is 2. The SMILES string of the molecule is C[C@H](NC(=O)COC(=O)c1ccc(Cl)cc1F)c1ccc2c(c1)OCO2. The molecule has 0 aromatic heterocycles. The number of amides is 1.